The van der Waals surface area contributed by atoms with Gasteiger partial charge in [0.05, 0.1) is 19.4 Å². The van der Waals surface area contributed by atoms with Gasteiger partial charge in [-0.05, 0) is 18.6 Å². The predicted octanol–water partition coefficient (Wildman–Crippen LogP) is 1.45. The molecule has 2 heterocycles. The maximum absolute atomic E-state index is 12.3. The van der Waals surface area contributed by atoms with Gasteiger partial charge in [-0.1, -0.05) is 6.07 Å². The molecular formula is C18H22N4O3. The molecule has 0 aliphatic carbocycles. The smallest absolute Gasteiger partial charge is 0.227 e. The van der Waals surface area contributed by atoms with Crippen LogP contribution in [-0.4, -0.2) is 41.6 Å². The molecule has 1 saturated heterocycles. The summed E-state index contributed by atoms with van der Waals surface area (Å²) in [6.07, 6.45) is 6.44. The first-order valence-electron chi connectivity index (χ1n) is 8.35. The fourth-order valence-electron chi connectivity index (χ4n) is 2.95. The van der Waals surface area contributed by atoms with Gasteiger partial charge in [0, 0.05) is 50.2 Å². The van der Waals surface area contributed by atoms with E-state index in [4.69, 9.17) is 4.74 Å². The number of carbonyl (C=O) groups is 2. The van der Waals surface area contributed by atoms with Crippen LogP contribution in [-0.2, 0) is 16.1 Å². The van der Waals surface area contributed by atoms with Gasteiger partial charge in [-0.25, -0.2) is 4.98 Å². The molecule has 1 aliphatic rings. The number of methoxy groups -OCH3 is 1. The molecule has 3 rings (SSSR count). The zero-order valence-corrected chi connectivity index (χ0v) is 14.2. The van der Waals surface area contributed by atoms with E-state index in [1.807, 2.05) is 35.0 Å². The second-order valence-corrected chi connectivity index (χ2v) is 6.05. The van der Waals surface area contributed by atoms with Crippen LogP contribution in [0.25, 0.3) is 0 Å². The van der Waals surface area contributed by atoms with E-state index in [9.17, 15) is 9.59 Å². The number of carbonyl (C=O) groups excluding carboxylic acids is 2. The lowest BCUT2D eigenvalue weighted by Gasteiger charge is -2.17. The molecule has 2 amide bonds. The van der Waals surface area contributed by atoms with Crippen LogP contribution in [0.4, 0.5) is 5.69 Å². The molecule has 0 saturated carbocycles. The Hall–Kier alpha value is -2.83. The largest absolute Gasteiger partial charge is 0.497 e. The molecule has 7 nitrogen and oxygen atoms in total. The molecular weight excluding hydrogens is 320 g/mol. The number of aromatic nitrogens is 2. The third-order valence-electron chi connectivity index (χ3n) is 4.31. The zero-order chi connectivity index (χ0) is 17.6. The van der Waals surface area contributed by atoms with Crippen molar-refractivity contribution in [3.05, 3.63) is 43.0 Å². The Labute approximate surface area is 146 Å². The lowest BCUT2D eigenvalue weighted by atomic mass is 10.1. The van der Waals surface area contributed by atoms with E-state index in [1.165, 1.54) is 0 Å². The second-order valence-electron chi connectivity index (χ2n) is 6.05. The highest BCUT2D eigenvalue weighted by Crippen LogP contribution is 2.27. The van der Waals surface area contributed by atoms with Gasteiger partial charge < -0.3 is 19.5 Å². The van der Waals surface area contributed by atoms with Crippen LogP contribution >= 0.6 is 0 Å². The quantitative estimate of drug-likeness (QED) is 0.773. The van der Waals surface area contributed by atoms with Crippen molar-refractivity contribution < 1.29 is 14.3 Å². The number of benzene rings is 1. The van der Waals surface area contributed by atoms with Gasteiger partial charge in [-0.2, -0.15) is 0 Å². The van der Waals surface area contributed by atoms with Crippen LogP contribution in [0.3, 0.4) is 0 Å². The Morgan fingerprint density at radius 2 is 2.32 bits per heavy atom. The summed E-state index contributed by atoms with van der Waals surface area (Å²) >= 11 is 0. The summed E-state index contributed by atoms with van der Waals surface area (Å²) in [7, 11) is 1.59. The molecule has 0 bridgehead atoms. The van der Waals surface area contributed by atoms with Crippen molar-refractivity contribution >= 4 is 17.5 Å². The minimum atomic E-state index is -0.313. The van der Waals surface area contributed by atoms with Gasteiger partial charge in [0.2, 0.25) is 11.8 Å². The van der Waals surface area contributed by atoms with Crippen molar-refractivity contribution in [2.75, 3.05) is 25.1 Å². The third-order valence-corrected chi connectivity index (χ3v) is 4.31. The summed E-state index contributed by atoms with van der Waals surface area (Å²) in [4.78, 5) is 30.2. The molecule has 1 N–H and O–H groups in total. The van der Waals surface area contributed by atoms with Crippen LogP contribution in [0.5, 0.6) is 5.75 Å². The van der Waals surface area contributed by atoms with E-state index < -0.39 is 0 Å². The number of hydrogen-bond donors (Lipinski definition) is 1. The van der Waals surface area contributed by atoms with E-state index in [0.29, 0.717) is 18.8 Å². The van der Waals surface area contributed by atoms with E-state index in [1.54, 1.807) is 24.5 Å². The Kier molecular flexibility index (Phi) is 5.33. The van der Waals surface area contributed by atoms with E-state index >= 15 is 0 Å². The molecule has 132 valence electrons. The fraction of sp³-hybridized carbons (Fsp3) is 0.389. The number of amides is 2. The van der Waals surface area contributed by atoms with Crippen LogP contribution in [0.2, 0.25) is 0 Å². The second kappa shape index (κ2) is 7.83. The minimum absolute atomic E-state index is 0.0354. The van der Waals surface area contributed by atoms with Crippen molar-refractivity contribution in [2.45, 2.75) is 19.4 Å². The molecule has 0 radical (unpaired) electrons. The van der Waals surface area contributed by atoms with Crippen molar-refractivity contribution in [1.82, 2.24) is 14.9 Å². The highest BCUT2D eigenvalue weighted by Gasteiger charge is 2.35. The number of aryl methyl sites for hydroxylation is 1. The molecule has 7 heteroatoms. The SMILES string of the molecule is COc1cccc(N2C[C@@H](C(=O)NCCCn3ccnc3)CC2=O)c1. The molecule has 1 aromatic carbocycles. The summed E-state index contributed by atoms with van der Waals surface area (Å²) < 4.78 is 7.16. The number of hydrogen-bond acceptors (Lipinski definition) is 4. The maximum Gasteiger partial charge on any atom is 0.227 e. The first-order valence-corrected chi connectivity index (χ1v) is 8.35. The monoisotopic (exact) mass is 342 g/mol. The number of nitrogens with one attached hydrogen (secondary N) is 1. The lowest BCUT2D eigenvalue weighted by molar-refractivity contribution is -0.126. The molecule has 1 aliphatic heterocycles. The van der Waals surface area contributed by atoms with Gasteiger partial charge in [-0.3, -0.25) is 9.59 Å². The van der Waals surface area contributed by atoms with Gasteiger partial charge in [0.25, 0.3) is 0 Å². The molecule has 1 aromatic heterocycles. The topological polar surface area (TPSA) is 76.5 Å². The molecule has 0 spiro atoms. The van der Waals surface area contributed by atoms with Crippen LogP contribution < -0.4 is 15.0 Å². The van der Waals surface area contributed by atoms with Gasteiger partial charge in [0.1, 0.15) is 5.75 Å². The van der Waals surface area contributed by atoms with Crippen molar-refractivity contribution in [3.8, 4) is 5.75 Å². The summed E-state index contributed by atoms with van der Waals surface area (Å²) in [5.41, 5.74) is 0.764. The Morgan fingerprint density at radius 3 is 3.08 bits per heavy atom. The zero-order valence-electron chi connectivity index (χ0n) is 14.2. The third kappa shape index (κ3) is 4.17. The van der Waals surface area contributed by atoms with Crippen molar-refractivity contribution in [3.63, 3.8) is 0 Å². The number of anilines is 1. The normalized spacial score (nSPS) is 16.9. The Balaban J connectivity index is 1.50. The van der Waals surface area contributed by atoms with E-state index in [-0.39, 0.29) is 24.2 Å². The average Bonchev–Trinajstić information content (AvgIpc) is 3.28. The Morgan fingerprint density at radius 1 is 1.44 bits per heavy atom. The summed E-state index contributed by atoms with van der Waals surface area (Å²) in [6, 6.07) is 7.33. The van der Waals surface area contributed by atoms with Gasteiger partial charge in [0.15, 0.2) is 0 Å². The predicted molar refractivity (Wildman–Crippen MR) is 93.3 cm³/mol. The lowest BCUT2D eigenvalue weighted by Crippen LogP contribution is -2.33. The van der Waals surface area contributed by atoms with Crippen LogP contribution in [0, 0.1) is 5.92 Å². The summed E-state index contributed by atoms with van der Waals surface area (Å²) in [6.45, 7) is 1.79. The molecule has 0 unspecified atom stereocenters. The highest BCUT2D eigenvalue weighted by atomic mass is 16.5. The summed E-state index contributed by atoms with van der Waals surface area (Å²) in [5.74, 6) is 0.279. The van der Waals surface area contributed by atoms with Crippen molar-refractivity contribution in [2.24, 2.45) is 5.92 Å². The fourth-order valence-corrected chi connectivity index (χ4v) is 2.95. The minimum Gasteiger partial charge on any atom is -0.497 e. The maximum atomic E-state index is 12.3. The number of imidazole rings is 1. The molecule has 1 fully saturated rings. The molecule has 2 aromatic rings. The number of ether oxygens (including phenoxy) is 1. The Bertz CT molecular complexity index is 730. The van der Waals surface area contributed by atoms with Gasteiger partial charge >= 0.3 is 0 Å². The first kappa shape index (κ1) is 17.0. The van der Waals surface area contributed by atoms with E-state index in [0.717, 1.165) is 18.7 Å². The molecule has 25 heavy (non-hydrogen) atoms. The number of rotatable bonds is 7. The standard InChI is InChI=1S/C18H22N4O3/c1-25-16-5-2-4-15(11-16)22-12-14(10-17(22)23)18(24)20-6-3-8-21-9-7-19-13-21/h2,4-5,7,9,11,13-14H,3,6,8,10,12H2,1H3,(H,20,24)/t14-/m0/s1. The first-order chi connectivity index (χ1) is 12.2. The van der Waals surface area contributed by atoms with Gasteiger partial charge in [-0.15, -0.1) is 0 Å². The van der Waals surface area contributed by atoms with E-state index in [2.05, 4.69) is 10.3 Å². The number of nitrogens with zero attached hydrogens (tertiary/aromatic N) is 3. The highest BCUT2D eigenvalue weighted by molar-refractivity contribution is 6.00. The molecule has 1 atom stereocenters. The van der Waals surface area contributed by atoms with Crippen molar-refractivity contribution in [1.29, 1.82) is 0 Å². The van der Waals surface area contributed by atoms with Crippen LogP contribution in [0.1, 0.15) is 12.8 Å². The van der Waals surface area contributed by atoms with Crippen LogP contribution in [0.15, 0.2) is 43.0 Å². The summed E-state index contributed by atoms with van der Waals surface area (Å²) in [5, 5.41) is 2.93. The average molecular weight is 342 g/mol.